The molecule has 42 heavy (non-hydrogen) atoms. The van der Waals surface area contributed by atoms with Gasteiger partial charge in [-0.3, -0.25) is 0 Å². The van der Waals surface area contributed by atoms with Crippen molar-refractivity contribution in [3.8, 4) is 0 Å². The maximum absolute atomic E-state index is 5.35. The first kappa shape index (κ1) is 45.7. The van der Waals surface area contributed by atoms with E-state index in [0.29, 0.717) is 13.1 Å². The number of hydrogen-bond acceptors (Lipinski definition) is 4. The van der Waals surface area contributed by atoms with Crippen molar-refractivity contribution in [1.82, 2.24) is 10.6 Å². The zero-order valence-corrected chi connectivity index (χ0v) is 28.5. The number of rotatable bonds is 6. The molecule has 0 spiro atoms. The van der Waals surface area contributed by atoms with Crippen LogP contribution in [0.5, 0.6) is 0 Å². The molecule has 0 saturated heterocycles. The Morgan fingerprint density at radius 2 is 0.548 bits per heavy atom. The van der Waals surface area contributed by atoms with E-state index in [1.54, 1.807) is 0 Å². The predicted octanol–water partition coefficient (Wildman–Crippen LogP) is 9.21. The second kappa shape index (κ2) is 42.2. The molecule has 0 atom stereocenters. The molecule has 0 heterocycles. The normalized spacial score (nSPS) is 8.10. The molecule has 236 valence electrons. The van der Waals surface area contributed by atoms with Crippen LogP contribution in [0.25, 0.3) is 0 Å². The van der Waals surface area contributed by atoms with Gasteiger partial charge in [-0.05, 0) is 36.3 Å². The highest BCUT2D eigenvalue weighted by molar-refractivity contribution is 5.15. The van der Waals surface area contributed by atoms with E-state index in [1.165, 1.54) is 22.3 Å². The van der Waals surface area contributed by atoms with Crippen LogP contribution in [-0.2, 0) is 26.2 Å². The van der Waals surface area contributed by atoms with E-state index in [1.807, 2.05) is 167 Å². The molecule has 0 aliphatic rings. The first-order chi connectivity index (χ1) is 20.7. The summed E-state index contributed by atoms with van der Waals surface area (Å²) in [5, 5.41) is 6.17. The third-order valence-electron chi connectivity index (χ3n) is 4.60. The Hall–Kier alpha value is -3.28. The highest BCUT2D eigenvalue weighted by atomic mass is 14.8. The monoisotopic (exact) mass is 577 g/mol. The lowest BCUT2D eigenvalue weighted by molar-refractivity contribution is 0.818. The number of nitrogens with one attached hydrogen (secondary N) is 2. The smallest absolute Gasteiger partial charge is 0.0202 e. The maximum atomic E-state index is 5.35. The van der Waals surface area contributed by atoms with E-state index < -0.39 is 0 Å². The van der Waals surface area contributed by atoms with Crippen LogP contribution in [0.4, 0.5) is 0 Å². The molecule has 4 rings (SSSR count). The second-order valence-electron chi connectivity index (χ2n) is 7.41. The molecule has 0 bridgehead atoms. The summed E-state index contributed by atoms with van der Waals surface area (Å²) >= 11 is 0. The second-order valence-corrected chi connectivity index (χ2v) is 7.41. The van der Waals surface area contributed by atoms with E-state index in [-0.39, 0.29) is 0 Å². The molecule has 0 aromatic heterocycles. The number of nitrogens with two attached hydrogens (primary N) is 2. The number of hydrogen-bond donors (Lipinski definition) is 4. The summed E-state index contributed by atoms with van der Waals surface area (Å²) in [5.74, 6) is 0. The van der Waals surface area contributed by atoms with Gasteiger partial charge in [-0.15, -0.1) is 0 Å². The molecular weight excluding hydrogens is 512 g/mol. The predicted molar refractivity (Wildman–Crippen MR) is 192 cm³/mol. The van der Waals surface area contributed by atoms with Crippen molar-refractivity contribution < 1.29 is 0 Å². The van der Waals surface area contributed by atoms with Crippen LogP contribution in [0.15, 0.2) is 121 Å². The van der Waals surface area contributed by atoms with Crippen molar-refractivity contribution in [2.24, 2.45) is 11.5 Å². The van der Waals surface area contributed by atoms with Crippen LogP contribution in [0, 0.1) is 0 Å². The Morgan fingerprint density at radius 1 is 0.357 bits per heavy atom. The third-order valence-corrected chi connectivity index (χ3v) is 4.60. The fraction of sp³-hybridized carbons (Fsp3) is 0.368. The van der Waals surface area contributed by atoms with Gasteiger partial charge in [0.05, 0.1) is 0 Å². The minimum Gasteiger partial charge on any atom is -0.326 e. The van der Waals surface area contributed by atoms with Gasteiger partial charge in [0, 0.05) is 26.2 Å². The summed E-state index contributed by atoms with van der Waals surface area (Å²) in [6.07, 6.45) is 0. The summed E-state index contributed by atoms with van der Waals surface area (Å²) in [6.45, 7) is 19.2. The summed E-state index contributed by atoms with van der Waals surface area (Å²) < 4.78 is 0. The minimum absolute atomic E-state index is 0.640. The van der Waals surface area contributed by atoms with Crippen molar-refractivity contribution in [2.45, 2.75) is 81.6 Å². The van der Waals surface area contributed by atoms with E-state index in [2.05, 4.69) is 34.9 Å². The Balaban J connectivity index is -0.000000212. The van der Waals surface area contributed by atoms with Gasteiger partial charge in [0.2, 0.25) is 0 Å². The molecule has 0 radical (unpaired) electrons. The molecule has 0 fully saturated rings. The molecular formula is C38H64N4. The average molecular weight is 577 g/mol. The molecule has 6 N–H and O–H groups in total. The van der Waals surface area contributed by atoms with Crippen molar-refractivity contribution in [3.63, 3.8) is 0 Å². The average Bonchev–Trinajstić information content (AvgIpc) is 3.11. The van der Waals surface area contributed by atoms with Gasteiger partial charge in [0.1, 0.15) is 0 Å². The minimum atomic E-state index is 0.640. The van der Waals surface area contributed by atoms with Crippen LogP contribution in [-0.4, -0.2) is 14.1 Å². The van der Waals surface area contributed by atoms with E-state index >= 15 is 0 Å². The number of benzene rings is 4. The van der Waals surface area contributed by atoms with Gasteiger partial charge in [-0.1, -0.05) is 177 Å². The summed E-state index contributed by atoms with van der Waals surface area (Å²) in [4.78, 5) is 0. The third kappa shape index (κ3) is 31.3. The van der Waals surface area contributed by atoms with Crippen LogP contribution in [0.1, 0.15) is 77.6 Å². The molecule has 4 nitrogen and oxygen atoms in total. The maximum Gasteiger partial charge on any atom is 0.0202 e. The lowest BCUT2D eigenvalue weighted by Gasteiger charge is -1.95. The molecule has 0 amide bonds. The molecule has 0 aliphatic carbocycles. The van der Waals surface area contributed by atoms with Crippen molar-refractivity contribution in [2.75, 3.05) is 14.1 Å². The SMILES string of the molecule is CC.CC.CC.CC.CNCc1ccccc1.CNCc1ccccc1.NCc1ccccc1.NCc1ccccc1. The van der Waals surface area contributed by atoms with Crippen LogP contribution in [0.3, 0.4) is 0 Å². The fourth-order valence-corrected chi connectivity index (χ4v) is 2.83. The van der Waals surface area contributed by atoms with Gasteiger partial charge >= 0.3 is 0 Å². The molecule has 4 aromatic rings. The summed E-state index contributed by atoms with van der Waals surface area (Å²) in [6, 6.07) is 40.7. The van der Waals surface area contributed by atoms with Crippen LogP contribution in [0.2, 0.25) is 0 Å². The molecule has 4 aromatic carbocycles. The van der Waals surface area contributed by atoms with Gasteiger partial charge in [0.15, 0.2) is 0 Å². The molecule has 0 saturated carbocycles. The highest BCUT2D eigenvalue weighted by Crippen LogP contribution is 1.97. The highest BCUT2D eigenvalue weighted by Gasteiger charge is 1.84. The summed E-state index contributed by atoms with van der Waals surface area (Å²) in [7, 11) is 3.90. The van der Waals surface area contributed by atoms with E-state index in [4.69, 9.17) is 11.5 Å². The Kier molecular flexibility index (Phi) is 45.9. The Labute approximate surface area is 261 Å². The quantitative estimate of drug-likeness (QED) is 0.185. The van der Waals surface area contributed by atoms with Gasteiger partial charge in [-0.25, -0.2) is 0 Å². The Morgan fingerprint density at radius 3 is 0.690 bits per heavy atom. The zero-order valence-electron chi connectivity index (χ0n) is 28.5. The topological polar surface area (TPSA) is 76.1 Å². The van der Waals surface area contributed by atoms with E-state index in [0.717, 1.165) is 13.1 Å². The zero-order chi connectivity index (χ0) is 32.7. The van der Waals surface area contributed by atoms with Gasteiger partial charge in [-0.2, -0.15) is 0 Å². The molecule has 0 aliphatic heterocycles. The van der Waals surface area contributed by atoms with Crippen molar-refractivity contribution in [1.29, 1.82) is 0 Å². The largest absolute Gasteiger partial charge is 0.326 e. The van der Waals surface area contributed by atoms with Crippen LogP contribution < -0.4 is 22.1 Å². The van der Waals surface area contributed by atoms with Crippen LogP contribution >= 0.6 is 0 Å². The lowest BCUT2D eigenvalue weighted by atomic mass is 10.2. The van der Waals surface area contributed by atoms with Gasteiger partial charge < -0.3 is 22.1 Å². The van der Waals surface area contributed by atoms with E-state index in [9.17, 15) is 0 Å². The fourth-order valence-electron chi connectivity index (χ4n) is 2.83. The molecule has 0 unspecified atom stereocenters. The van der Waals surface area contributed by atoms with Crippen molar-refractivity contribution >= 4 is 0 Å². The lowest BCUT2D eigenvalue weighted by Crippen LogP contribution is -2.04. The Bertz CT molecular complexity index is 851. The van der Waals surface area contributed by atoms with Gasteiger partial charge in [0.25, 0.3) is 0 Å². The standard InChI is InChI=1S/2C8H11N.2C7H9N.4C2H6/c2*1-9-7-8-5-3-2-4-6-8;2*8-6-7-4-2-1-3-5-7;4*1-2/h2*2-6,9H,7H2,1H3;2*1-5H,6,8H2;4*1-2H3. The van der Waals surface area contributed by atoms with Crippen molar-refractivity contribution in [3.05, 3.63) is 144 Å². The first-order valence-electron chi connectivity index (χ1n) is 15.6. The first-order valence-corrected chi connectivity index (χ1v) is 15.6. The summed E-state index contributed by atoms with van der Waals surface area (Å²) in [5.41, 5.74) is 15.7. The molecule has 4 heteroatoms.